The third kappa shape index (κ3) is 3.91. The molecule has 1 N–H and O–H groups in total. The fourth-order valence-corrected chi connectivity index (χ4v) is 2.45. The highest BCUT2D eigenvalue weighted by Crippen LogP contribution is 2.19. The minimum atomic E-state index is 0.314. The van der Waals surface area contributed by atoms with E-state index in [9.17, 15) is 0 Å². The number of halogens is 1. The molecule has 19 heavy (non-hydrogen) atoms. The first-order chi connectivity index (χ1) is 9.20. The highest BCUT2D eigenvalue weighted by molar-refractivity contribution is 9.10. The van der Waals surface area contributed by atoms with E-state index in [0.29, 0.717) is 6.04 Å². The molecule has 3 nitrogen and oxygen atoms in total. The van der Waals surface area contributed by atoms with E-state index < -0.39 is 0 Å². The summed E-state index contributed by atoms with van der Waals surface area (Å²) in [5, 5.41) is 7.87. The van der Waals surface area contributed by atoms with Gasteiger partial charge in [-0.25, -0.2) is 0 Å². The molecule has 0 radical (unpaired) electrons. The molecule has 0 fully saturated rings. The second-order valence-corrected chi connectivity index (χ2v) is 5.63. The summed E-state index contributed by atoms with van der Waals surface area (Å²) in [5.41, 5.74) is 2.56. The van der Waals surface area contributed by atoms with E-state index >= 15 is 0 Å². The lowest BCUT2D eigenvalue weighted by atomic mass is 10.0. The second kappa shape index (κ2) is 6.87. The average molecular weight is 322 g/mol. The molecule has 2 rings (SSSR count). The van der Waals surface area contributed by atoms with Crippen LogP contribution in [0.5, 0.6) is 0 Å². The van der Waals surface area contributed by atoms with Crippen LogP contribution < -0.4 is 5.32 Å². The summed E-state index contributed by atoms with van der Waals surface area (Å²) in [6.07, 6.45) is 3.97. The Labute approximate surface area is 123 Å². The van der Waals surface area contributed by atoms with Crippen LogP contribution in [0, 0.1) is 0 Å². The highest BCUT2D eigenvalue weighted by Gasteiger charge is 2.14. The number of nitrogens with zero attached hydrogens (tertiary/aromatic N) is 2. The van der Waals surface area contributed by atoms with Crippen LogP contribution in [0.2, 0.25) is 0 Å². The van der Waals surface area contributed by atoms with Gasteiger partial charge in [0.25, 0.3) is 0 Å². The van der Waals surface area contributed by atoms with Gasteiger partial charge in [0.05, 0.1) is 11.7 Å². The van der Waals surface area contributed by atoms with E-state index in [1.54, 1.807) is 0 Å². The van der Waals surface area contributed by atoms with E-state index in [0.717, 1.165) is 23.9 Å². The van der Waals surface area contributed by atoms with Gasteiger partial charge < -0.3 is 5.32 Å². The molecule has 1 aromatic heterocycles. The smallest absolute Gasteiger partial charge is 0.0553 e. The summed E-state index contributed by atoms with van der Waals surface area (Å²) in [7, 11) is 2.00. The van der Waals surface area contributed by atoms with Crippen LogP contribution >= 0.6 is 15.9 Å². The van der Waals surface area contributed by atoms with Crippen molar-refractivity contribution in [1.29, 1.82) is 0 Å². The maximum atomic E-state index is 4.27. The molecule has 0 saturated heterocycles. The van der Waals surface area contributed by atoms with Crippen molar-refractivity contribution in [3.63, 3.8) is 0 Å². The lowest BCUT2D eigenvalue weighted by molar-refractivity contribution is 0.493. The van der Waals surface area contributed by atoms with Gasteiger partial charge in [0.1, 0.15) is 0 Å². The molecular weight excluding hydrogens is 302 g/mol. The summed E-state index contributed by atoms with van der Waals surface area (Å²) < 4.78 is 3.07. The standard InChI is InChI=1S/C15H20BrN3/c1-3-9-17-14(15-8-10-18-19(15)2)11-12-4-6-13(16)7-5-12/h4-8,10,14,17H,3,9,11H2,1-2H3. The SMILES string of the molecule is CCCNC(Cc1ccc(Br)cc1)c1ccnn1C. The molecular formula is C15H20BrN3. The topological polar surface area (TPSA) is 29.9 Å². The number of nitrogens with one attached hydrogen (secondary N) is 1. The minimum absolute atomic E-state index is 0.314. The second-order valence-electron chi connectivity index (χ2n) is 4.72. The van der Waals surface area contributed by atoms with Gasteiger partial charge in [-0.05, 0) is 43.1 Å². The first-order valence-electron chi connectivity index (χ1n) is 6.66. The van der Waals surface area contributed by atoms with E-state index in [1.165, 1.54) is 11.3 Å². The van der Waals surface area contributed by atoms with Crippen molar-refractivity contribution >= 4 is 15.9 Å². The van der Waals surface area contributed by atoms with E-state index in [2.05, 4.69) is 63.6 Å². The third-order valence-electron chi connectivity index (χ3n) is 3.21. The molecule has 2 aromatic rings. The van der Waals surface area contributed by atoms with E-state index in [1.807, 2.05) is 17.9 Å². The lowest BCUT2D eigenvalue weighted by Gasteiger charge is -2.19. The number of aryl methyl sites for hydroxylation is 1. The van der Waals surface area contributed by atoms with Crippen molar-refractivity contribution < 1.29 is 0 Å². The molecule has 0 aliphatic carbocycles. The Balaban J connectivity index is 2.14. The van der Waals surface area contributed by atoms with Crippen LogP contribution in [0.15, 0.2) is 41.0 Å². The van der Waals surface area contributed by atoms with Gasteiger partial charge in [0, 0.05) is 17.7 Å². The summed E-state index contributed by atoms with van der Waals surface area (Å²) in [5.74, 6) is 0. The molecule has 0 aliphatic rings. The summed E-state index contributed by atoms with van der Waals surface area (Å²) >= 11 is 3.47. The largest absolute Gasteiger partial charge is 0.308 e. The molecule has 4 heteroatoms. The fourth-order valence-electron chi connectivity index (χ4n) is 2.18. The van der Waals surface area contributed by atoms with Gasteiger partial charge in [-0.3, -0.25) is 4.68 Å². The van der Waals surface area contributed by atoms with E-state index in [4.69, 9.17) is 0 Å². The van der Waals surface area contributed by atoms with Crippen molar-refractivity contribution in [2.45, 2.75) is 25.8 Å². The zero-order valence-electron chi connectivity index (χ0n) is 11.4. The van der Waals surface area contributed by atoms with E-state index in [-0.39, 0.29) is 0 Å². The summed E-state index contributed by atoms with van der Waals surface area (Å²) in [6, 6.07) is 10.9. The molecule has 0 spiro atoms. The summed E-state index contributed by atoms with van der Waals surface area (Å²) in [6.45, 7) is 3.21. The molecule has 0 amide bonds. The highest BCUT2D eigenvalue weighted by atomic mass is 79.9. The predicted molar refractivity (Wildman–Crippen MR) is 82.1 cm³/mol. The van der Waals surface area contributed by atoms with Gasteiger partial charge >= 0.3 is 0 Å². The van der Waals surface area contributed by atoms with Crippen LogP contribution in [-0.4, -0.2) is 16.3 Å². The Morgan fingerprint density at radius 3 is 2.58 bits per heavy atom. The maximum absolute atomic E-state index is 4.27. The lowest BCUT2D eigenvalue weighted by Crippen LogP contribution is -2.26. The van der Waals surface area contributed by atoms with Crippen LogP contribution in [0.4, 0.5) is 0 Å². The summed E-state index contributed by atoms with van der Waals surface area (Å²) in [4.78, 5) is 0. The van der Waals surface area contributed by atoms with Gasteiger partial charge in [0.2, 0.25) is 0 Å². The zero-order valence-corrected chi connectivity index (χ0v) is 13.0. The minimum Gasteiger partial charge on any atom is -0.308 e. The van der Waals surface area contributed by atoms with Crippen LogP contribution in [0.3, 0.4) is 0 Å². The Morgan fingerprint density at radius 1 is 1.26 bits per heavy atom. The average Bonchev–Trinajstić information content (AvgIpc) is 2.83. The molecule has 0 saturated carbocycles. The monoisotopic (exact) mass is 321 g/mol. The zero-order chi connectivity index (χ0) is 13.7. The molecule has 1 atom stereocenters. The Kier molecular flexibility index (Phi) is 5.16. The molecule has 1 unspecified atom stereocenters. The van der Waals surface area contributed by atoms with Crippen molar-refractivity contribution in [3.05, 3.63) is 52.3 Å². The Hall–Kier alpha value is -1.13. The Morgan fingerprint density at radius 2 is 2.00 bits per heavy atom. The normalized spacial score (nSPS) is 12.6. The third-order valence-corrected chi connectivity index (χ3v) is 3.74. The number of benzene rings is 1. The molecule has 1 aromatic carbocycles. The number of hydrogen-bond donors (Lipinski definition) is 1. The van der Waals surface area contributed by atoms with Crippen LogP contribution in [-0.2, 0) is 13.5 Å². The molecule has 0 aliphatic heterocycles. The number of aromatic nitrogens is 2. The van der Waals surface area contributed by atoms with Crippen molar-refractivity contribution in [2.75, 3.05) is 6.54 Å². The van der Waals surface area contributed by atoms with Crippen LogP contribution in [0.1, 0.15) is 30.6 Å². The molecule has 1 heterocycles. The van der Waals surface area contributed by atoms with Crippen molar-refractivity contribution in [3.8, 4) is 0 Å². The van der Waals surface area contributed by atoms with Gasteiger partial charge in [-0.2, -0.15) is 5.10 Å². The molecule has 102 valence electrons. The number of hydrogen-bond acceptors (Lipinski definition) is 2. The first-order valence-corrected chi connectivity index (χ1v) is 7.45. The molecule has 0 bridgehead atoms. The Bertz CT molecular complexity index is 504. The number of rotatable bonds is 6. The van der Waals surface area contributed by atoms with Gasteiger partial charge in [0.15, 0.2) is 0 Å². The first kappa shape index (κ1) is 14.3. The van der Waals surface area contributed by atoms with Gasteiger partial charge in [-0.15, -0.1) is 0 Å². The maximum Gasteiger partial charge on any atom is 0.0553 e. The van der Waals surface area contributed by atoms with Crippen LogP contribution in [0.25, 0.3) is 0 Å². The quantitative estimate of drug-likeness (QED) is 0.883. The fraction of sp³-hybridized carbons (Fsp3) is 0.400. The van der Waals surface area contributed by atoms with Gasteiger partial charge in [-0.1, -0.05) is 35.0 Å². The van der Waals surface area contributed by atoms with Crippen molar-refractivity contribution in [2.24, 2.45) is 7.05 Å². The predicted octanol–water partition coefficient (Wildman–Crippen LogP) is 3.47. The van der Waals surface area contributed by atoms with Crippen molar-refractivity contribution in [1.82, 2.24) is 15.1 Å².